The number of esters is 2. The molecular formula is C57H98O8. The second-order valence-electron chi connectivity index (χ2n) is 26.8. The normalized spacial score (nSPS) is 28.7. The highest BCUT2D eigenvalue weighted by Crippen LogP contribution is 3.15. The Morgan fingerprint density at radius 1 is 0.600 bits per heavy atom. The Balaban J connectivity index is 0.973. The molecule has 5 fully saturated rings. The predicted octanol–water partition coefficient (Wildman–Crippen LogP) is 14.0. The van der Waals surface area contributed by atoms with E-state index in [1.807, 2.05) is 27.7 Å². The number of ether oxygens (including phenoxy) is 6. The molecule has 0 bridgehead atoms. The molecule has 2 spiro atoms. The minimum atomic E-state index is -0.599. The molecule has 374 valence electrons. The summed E-state index contributed by atoms with van der Waals surface area (Å²) < 4.78 is 37.4. The number of hydrogen-bond acceptors (Lipinski definition) is 8. The molecule has 0 aromatic heterocycles. The Morgan fingerprint density at radius 3 is 1.62 bits per heavy atom. The van der Waals surface area contributed by atoms with Crippen LogP contribution in [-0.2, 0) is 38.0 Å². The molecule has 5 saturated carbocycles. The van der Waals surface area contributed by atoms with Gasteiger partial charge in [-0.1, -0.05) is 60.1 Å². The van der Waals surface area contributed by atoms with Gasteiger partial charge < -0.3 is 28.4 Å². The molecule has 0 heterocycles. The van der Waals surface area contributed by atoms with Crippen molar-refractivity contribution in [2.75, 3.05) is 26.4 Å². The lowest BCUT2D eigenvalue weighted by atomic mass is 9.68. The third kappa shape index (κ3) is 11.5. The van der Waals surface area contributed by atoms with Gasteiger partial charge >= 0.3 is 11.9 Å². The molecule has 8 nitrogen and oxygen atoms in total. The standard InChI is InChI=1S/C57H98O8/c1-20-45(58)64-49(8,9)29-33-62-53(16,17)48(6,7)28-22-24-32-61-52(14,15)38-55-39-57(55)43-26-25-41(35-42(43)44-37-56(44,55)57)36-51(12,13)60-31-23-21-27-47(4,5)54(18,19)63-34-30-50(10,11)65-46(59)40(2)3/h20,41-44H,1-2,21-39H2,3-19H3. The maximum Gasteiger partial charge on any atom is 0.333 e. The monoisotopic (exact) mass is 911 g/mol. The summed E-state index contributed by atoms with van der Waals surface area (Å²) in [6, 6.07) is 0. The van der Waals surface area contributed by atoms with Crippen molar-refractivity contribution in [3.63, 3.8) is 0 Å². The van der Waals surface area contributed by atoms with E-state index in [0.29, 0.717) is 47.9 Å². The summed E-state index contributed by atoms with van der Waals surface area (Å²) in [6.07, 6.45) is 18.5. The van der Waals surface area contributed by atoms with Crippen LogP contribution >= 0.6 is 0 Å². The fourth-order valence-corrected chi connectivity index (χ4v) is 13.6. The first-order valence-corrected chi connectivity index (χ1v) is 26.0. The highest BCUT2D eigenvalue weighted by Gasteiger charge is 3.10. The van der Waals surface area contributed by atoms with Crippen LogP contribution in [0.4, 0.5) is 0 Å². The van der Waals surface area contributed by atoms with Crippen LogP contribution in [-0.4, -0.2) is 72.0 Å². The first-order chi connectivity index (χ1) is 29.7. The molecule has 0 amide bonds. The van der Waals surface area contributed by atoms with Crippen LogP contribution in [0, 0.1) is 50.7 Å². The molecule has 5 aliphatic rings. The third-order valence-electron chi connectivity index (χ3n) is 18.8. The summed E-state index contributed by atoms with van der Waals surface area (Å²) in [5, 5.41) is 0. The van der Waals surface area contributed by atoms with Crippen LogP contribution < -0.4 is 0 Å². The van der Waals surface area contributed by atoms with Gasteiger partial charge in [0, 0.05) is 37.7 Å². The summed E-state index contributed by atoms with van der Waals surface area (Å²) in [6.45, 7) is 46.7. The van der Waals surface area contributed by atoms with Crippen LogP contribution in [0.5, 0.6) is 0 Å². The predicted molar refractivity (Wildman–Crippen MR) is 264 cm³/mol. The fourth-order valence-electron chi connectivity index (χ4n) is 13.6. The molecule has 5 rings (SSSR count). The zero-order valence-corrected chi connectivity index (χ0v) is 45.0. The van der Waals surface area contributed by atoms with Crippen LogP contribution in [0.15, 0.2) is 24.8 Å². The van der Waals surface area contributed by atoms with Gasteiger partial charge in [0.25, 0.3) is 0 Å². The average molecular weight is 911 g/mol. The lowest BCUT2D eigenvalue weighted by Gasteiger charge is -2.42. The maximum atomic E-state index is 12.1. The van der Waals surface area contributed by atoms with E-state index in [9.17, 15) is 9.59 Å². The molecule has 0 N–H and O–H groups in total. The molecular weight excluding hydrogens is 813 g/mol. The third-order valence-corrected chi connectivity index (χ3v) is 18.8. The van der Waals surface area contributed by atoms with Gasteiger partial charge in [0.1, 0.15) is 11.2 Å². The molecule has 65 heavy (non-hydrogen) atoms. The first-order valence-electron chi connectivity index (χ1n) is 26.0. The number of carbonyl (C=O) groups excluding carboxylic acids is 2. The number of unbranched alkanes of at least 4 members (excludes halogenated alkanes) is 2. The first kappa shape index (κ1) is 54.2. The smallest absolute Gasteiger partial charge is 0.333 e. The van der Waals surface area contributed by atoms with E-state index in [1.165, 1.54) is 51.0 Å². The van der Waals surface area contributed by atoms with Crippen LogP contribution in [0.25, 0.3) is 0 Å². The number of carbonyl (C=O) groups is 2. The average Bonchev–Trinajstić information content (AvgIpc) is 4.09. The van der Waals surface area contributed by atoms with E-state index >= 15 is 0 Å². The summed E-state index contributed by atoms with van der Waals surface area (Å²) in [5.41, 5.74) is 0.297. The van der Waals surface area contributed by atoms with Crippen molar-refractivity contribution in [3.05, 3.63) is 24.8 Å². The Kier molecular flexibility index (Phi) is 15.7. The van der Waals surface area contributed by atoms with Gasteiger partial charge in [0.05, 0.1) is 35.6 Å². The highest BCUT2D eigenvalue weighted by atomic mass is 16.6. The SMILES string of the molecule is C=CC(=O)OC(C)(C)CCOC(C)(C)C(C)(C)CCCCOC(C)(C)CC12CC13C1CCC(CC(C)(C)OCCCCC(C)(C)C(C)(C)OCCC(C)(C)OC(=O)C(=C)C)CC1C1CC123. The molecule has 8 heteroatoms. The van der Waals surface area contributed by atoms with E-state index in [1.54, 1.807) is 6.92 Å². The van der Waals surface area contributed by atoms with E-state index in [2.05, 4.69) is 96.2 Å². The van der Waals surface area contributed by atoms with Crippen molar-refractivity contribution in [3.8, 4) is 0 Å². The lowest BCUT2D eigenvalue weighted by molar-refractivity contribution is -0.157. The molecule has 0 aliphatic heterocycles. The van der Waals surface area contributed by atoms with Gasteiger partial charge in [0.15, 0.2) is 0 Å². The minimum Gasteiger partial charge on any atom is -0.456 e. The second-order valence-corrected chi connectivity index (χ2v) is 26.8. The van der Waals surface area contributed by atoms with Crippen molar-refractivity contribution in [1.82, 2.24) is 0 Å². The zero-order chi connectivity index (χ0) is 48.9. The molecule has 5 aliphatic carbocycles. The zero-order valence-electron chi connectivity index (χ0n) is 45.0. The van der Waals surface area contributed by atoms with Crippen molar-refractivity contribution >= 4 is 11.9 Å². The highest BCUT2D eigenvalue weighted by molar-refractivity contribution is 5.87. The van der Waals surface area contributed by atoms with E-state index < -0.39 is 17.2 Å². The molecule has 0 radical (unpaired) electrons. The number of hydrogen-bond donors (Lipinski definition) is 0. The van der Waals surface area contributed by atoms with Crippen molar-refractivity contribution in [2.24, 2.45) is 50.7 Å². The Labute approximate surface area is 398 Å². The molecule has 0 saturated heterocycles. The number of rotatable bonds is 30. The second kappa shape index (κ2) is 18.9. The van der Waals surface area contributed by atoms with Crippen LogP contribution in [0.2, 0.25) is 0 Å². The van der Waals surface area contributed by atoms with Gasteiger partial charge in [-0.15, -0.1) is 0 Å². The minimum absolute atomic E-state index is 0.00706. The molecule has 7 unspecified atom stereocenters. The molecule has 7 atom stereocenters. The Bertz CT molecular complexity index is 1710. The summed E-state index contributed by atoms with van der Waals surface area (Å²) in [4.78, 5) is 23.8. The fraction of sp³-hybridized carbons (Fsp3) is 0.895. The van der Waals surface area contributed by atoms with Crippen LogP contribution in [0.1, 0.15) is 214 Å². The maximum absolute atomic E-state index is 12.1. The lowest BCUT2D eigenvalue weighted by Crippen LogP contribution is -2.43. The van der Waals surface area contributed by atoms with Crippen molar-refractivity contribution in [2.45, 2.75) is 248 Å². The van der Waals surface area contributed by atoms with Gasteiger partial charge in [-0.05, 0) is 205 Å². The molecule has 0 aromatic rings. The quantitative estimate of drug-likeness (QED) is 0.0400. The van der Waals surface area contributed by atoms with Crippen LogP contribution in [0.3, 0.4) is 0 Å². The Morgan fingerprint density at radius 2 is 1.11 bits per heavy atom. The number of fused-ring (bicyclic) bond motifs is 2. The van der Waals surface area contributed by atoms with E-state index in [4.69, 9.17) is 28.4 Å². The summed E-state index contributed by atoms with van der Waals surface area (Å²) in [7, 11) is 0. The van der Waals surface area contributed by atoms with E-state index in [-0.39, 0.29) is 39.2 Å². The Hall–Kier alpha value is -1.74. The summed E-state index contributed by atoms with van der Waals surface area (Å²) in [5.74, 6) is 2.88. The van der Waals surface area contributed by atoms with Gasteiger partial charge in [-0.3, -0.25) is 0 Å². The van der Waals surface area contributed by atoms with Gasteiger partial charge in [-0.25, -0.2) is 9.59 Å². The van der Waals surface area contributed by atoms with Crippen molar-refractivity contribution in [1.29, 1.82) is 0 Å². The van der Waals surface area contributed by atoms with Crippen molar-refractivity contribution < 1.29 is 38.0 Å². The largest absolute Gasteiger partial charge is 0.456 e. The van der Waals surface area contributed by atoms with Gasteiger partial charge in [-0.2, -0.15) is 0 Å². The van der Waals surface area contributed by atoms with Gasteiger partial charge in [0.2, 0.25) is 0 Å². The molecule has 0 aromatic carbocycles. The topological polar surface area (TPSA) is 89.5 Å². The van der Waals surface area contributed by atoms with E-state index in [0.717, 1.165) is 75.4 Å². The summed E-state index contributed by atoms with van der Waals surface area (Å²) >= 11 is 0.